The SMILES string of the molecule is OCCOc1ccc(CN=Nc2ncnc3c2cnn3-c2ccccc2)cc1. The molecule has 4 rings (SSSR count). The van der Waals surface area contributed by atoms with Gasteiger partial charge in [0, 0.05) is 0 Å². The molecule has 2 heterocycles. The molecular weight excluding hydrogens is 356 g/mol. The summed E-state index contributed by atoms with van der Waals surface area (Å²) in [5, 5.41) is 22.4. The molecule has 0 saturated heterocycles. The minimum absolute atomic E-state index is 0.00970. The van der Waals surface area contributed by atoms with E-state index in [9.17, 15) is 0 Å². The van der Waals surface area contributed by atoms with Crippen molar-refractivity contribution >= 4 is 16.9 Å². The van der Waals surface area contributed by atoms with Gasteiger partial charge in [0.05, 0.1) is 30.4 Å². The number of para-hydroxylation sites is 1. The van der Waals surface area contributed by atoms with Crippen LogP contribution in [-0.4, -0.2) is 38.1 Å². The standard InChI is InChI=1S/C20H18N6O2/c27-10-11-28-17-8-6-15(7-9-17)12-23-25-19-18-13-24-26(20(18)22-14-21-19)16-4-2-1-3-5-16/h1-9,13-14,27H,10-12H2. The number of azo groups is 1. The second kappa shape index (κ2) is 8.36. The van der Waals surface area contributed by atoms with Crippen LogP contribution in [0.1, 0.15) is 5.56 Å². The van der Waals surface area contributed by atoms with Crippen LogP contribution in [0.4, 0.5) is 5.82 Å². The van der Waals surface area contributed by atoms with Crippen molar-refractivity contribution in [3.8, 4) is 11.4 Å². The van der Waals surface area contributed by atoms with Gasteiger partial charge in [0.25, 0.3) is 0 Å². The predicted octanol–water partition coefficient (Wildman–Crippen LogP) is 3.47. The van der Waals surface area contributed by atoms with Crippen molar-refractivity contribution in [2.24, 2.45) is 10.2 Å². The van der Waals surface area contributed by atoms with Crippen LogP contribution in [0.5, 0.6) is 5.75 Å². The highest BCUT2D eigenvalue weighted by molar-refractivity contribution is 5.85. The van der Waals surface area contributed by atoms with Gasteiger partial charge in [-0.1, -0.05) is 30.3 Å². The van der Waals surface area contributed by atoms with Gasteiger partial charge >= 0.3 is 0 Å². The van der Waals surface area contributed by atoms with E-state index >= 15 is 0 Å². The lowest BCUT2D eigenvalue weighted by molar-refractivity contribution is 0.201. The maximum absolute atomic E-state index is 8.78. The lowest BCUT2D eigenvalue weighted by Crippen LogP contribution is -2.01. The van der Waals surface area contributed by atoms with E-state index in [0.717, 1.165) is 16.6 Å². The number of aliphatic hydroxyl groups excluding tert-OH is 1. The van der Waals surface area contributed by atoms with Crippen molar-refractivity contribution in [2.75, 3.05) is 13.2 Å². The number of nitrogens with zero attached hydrogens (tertiary/aromatic N) is 6. The van der Waals surface area contributed by atoms with Crippen LogP contribution in [0.2, 0.25) is 0 Å². The van der Waals surface area contributed by atoms with Crippen LogP contribution in [0.3, 0.4) is 0 Å². The molecule has 28 heavy (non-hydrogen) atoms. The van der Waals surface area contributed by atoms with E-state index in [2.05, 4.69) is 25.3 Å². The molecule has 0 amide bonds. The summed E-state index contributed by atoms with van der Waals surface area (Å²) >= 11 is 0. The Morgan fingerprint density at radius 1 is 1.00 bits per heavy atom. The van der Waals surface area contributed by atoms with Gasteiger partial charge < -0.3 is 9.84 Å². The van der Waals surface area contributed by atoms with Crippen LogP contribution >= 0.6 is 0 Å². The zero-order valence-corrected chi connectivity index (χ0v) is 15.0. The number of ether oxygens (including phenoxy) is 1. The fourth-order valence-corrected chi connectivity index (χ4v) is 2.71. The molecule has 0 radical (unpaired) electrons. The van der Waals surface area contributed by atoms with Crippen LogP contribution in [0.15, 0.2) is 77.3 Å². The molecule has 0 aliphatic rings. The number of aliphatic hydroxyl groups is 1. The molecule has 0 unspecified atom stereocenters. The first kappa shape index (κ1) is 17.7. The number of fused-ring (bicyclic) bond motifs is 1. The average molecular weight is 374 g/mol. The van der Waals surface area contributed by atoms with Gasteiger partial charge in [0.15, 0.2) is 11.5 Å². The fourth-order valence-electron chi connectivity index (χ4n) is 2.71. The third-order valence-electron chi connectivity index (χ3n) is 4.05. The molecular formula is C20H18N6O2. The van der Waals surface area contributed by atoms with Crippen molar-refractivity contribution in [1.82, 2.24) is 19.7 Å². The number of hydrogen-bond acceptors (Lipinski definition) is 7. The monoisotopic (exact) mass is 374 g/mol. The smallest absolute Gasteiger partial charge is 0.188 e. The van der Waals surface area contributed by atoms with Crippen LogP contribution in [-0.2, 0) is 6.54 Å². The zero-order chi connectivity index (χ0) is 19.2. The third kappa shape index (κ3) is 3.86. The maximum atomic E-state index is 8.78. The number of hydrogen-bond donors (Lipinski definition) is 1. The normalized spacial score (nSPS) is 11.3. The Balaban J connectivity index is 1.51. The summed E-state index contributed by atoms with van der Waals surface area (Å²) < 4.78 is 7.09. The Kier molecular flexibility index (Phi) is 5.30. The molecule has 0 aliphatic carbocycles. The molecule has 2 aromatic carbocycles. The Bertz CT molecular complexity index is 1080. The summed E-state index contributed by atoms with van der Waals surface area (Å²) in [4.78, 5) is 8.56. The van der Waals surface area contributed by atoms with E-state index < -0.39 is 0 Å². The number of aromatic nitrogens is 4. The number of rotatable bonds is 7. The Morgan fingerprint density at radius 2 is 1.82 bits per heavy atom. The van der Waals surface area contributed by atoms with Gasteiger partial charge in [-0.3, -0.25) is 0 Å². The first-order valence-electron chi connectivity index (χ1n) is 8.79. The molecule has 0 saturated carbocycles. The molecule has 0 fully saturated rings. The van der Waals surface area contributed by atoms with E-state index in [1.165, 1.54) is 6.33 Å². The molecule has 0 bridgehead atoms. The minimum Gasteiger partial charge on any atom is -0.491 e. The highest BCUT2D eigenvalue weighted by atomic mass is 16.5. The second-order valence-corrected chi connectivity index (χ2v) is 5.94. The summed E-state index contributed by atoms with van der Waals surface area (Å²) in [6.07, 6.45) is 3.16. The van der Waals surface area contributed by atoms with Crippen molar-refractivity contribution < 1.29 is 9.84 Å². The first-order valence-corrected chi connectivity index (χ1v) is 8.79. The number of benzene rings is 2. The second-order valence-electron chi connectivity index (χ2n) is 5.94. The third-order valence-corrected chi connectivity index (χ3v) is 4.05. The van der Waals surface area contributed by atoms with Crippen molar-refractivity contribution in [1.29, 1.82) is 0 Å². The molecule has 0 aliphatic heterocycles. The zero-order valence-electron chi connectivity index (χ0n) is 15.0. The van der Waals surface area contributed by atoms with Crippen LogP contribution in [0.25, 0.3) is 16.7 Å². The topological polar surface area (TPSA) is 97.8 Å². The molecule has 140 valence electrons. The average Bonchev–Trinajstić information content (AvgIpc) is 3.19. The molecule has 4 aromatic rings. The molecule has 0 spiro atoms. The lowest BCUT2D eigenvalue weighted by Gasteiger charge is -2.04. The van der Waals surface area contributed by atoms with Crippen molar-refractivity contribution in [3.63, 3.8) is 0 Å². The lowest BCUT2D eigenvalue weighted by atomic mass is 10.2. The van der Waals surface area contributed by atoms with Crippen LogP contribution in [0, 0.1) is 0 Å². The highest BCUT2D eigenvalue weighted by Gasteiger charge is 2.10. The molecule has 2 aromatic heterocycles. The van der Waals surface area contributed by atoms with E-state index in [1.54, 1.807) is 10.9 Å². The van der Waals surface area contributed by atoms with Crippen LogP contribution < -0.4 is 4.74 Å². The van der Waals surface area contributed by atoms with Crippen molar-refractivity contribution in [3.05, 3.63) is 72.7 Å². The van der Waals surface area contributed by atoms with Gasteiger partial charge in [-0.15, -0.1) is 5.11 Å². The van der Waals surface area contributed by atoms with Gasteiger partial charge in [-0.05, 0) is 29.8 Å². The summed E-state index contributed by atoms with van der Waals surface area (Å²) in [5.74, 6) is 1.19. The Labute approximate surface area is 161 Å². The van der Waals surface area contributed by atoms with E-state index in [4.69, 9.17) is 9.84 Å². The van der Waals surface area contributed by atoms with Gasteiger partial charge in [0.1, 0.15) is 18.7 Å². The van der Waals surface area contributed by atoms with E-state index in [1.807, 2.05) is 54.6 Å². The minimum atomic E-state index is -0.00970. The molecule has 1 N–H and O–H groups in total. The fraction of sp³-hybridized carbons (Fsp3) is 0.150. The van der Waals surface area contributed by atoms with Gasteiger partial charge in [-0.2, -0.15) is 10.2 Å². The van der Waals surface area contributed by atoms with E-state index in [0.29, 0.717) is 23.8 Å². The molecule has 8 heteroatoms. The summed E-state index contributed by atoms with van der Waals surface area (Å²) in [6, 6.07) is 17.3. The van der Waals surface area contributed by atoms with E-state index in [-0.39, 0.29) is 13.2 Å². The van der Waals surface area contributed by atoms with Crippen molar-refractivity contribution in [2.45, 2.75) is 6.54 Å². The quantitative estimate of drug-likeness (QED) is 0.500. The summed E-state index contributed by atoms with van der Waals surface area (Å²) in [6.45, 7) is 0.683. The summed E-state index contributed by atoms with van der Waals surface area (Å²) in [7, 11) is 0. The van der Waals surface area contributed by atoms with Gasteiger partial charge in [0.2, 0.25) is 0 Å². The maximum Gasteiger partial charge on any atom is 0.188 e. The van der Waals surface area contributed by atoms with Gasteiger partial charge in [-0.25, -0.2) is 14.6 Å². The largest absolute Gasteiger partial charge is 0.491 e. The predicted molar refractivity (Wildman–Crippen MR) is 104 cm³/mol. The summed E-state index contributed by atoms with van der Waals surface area (Å²) in [5.41, 5.74) is 2.59. The Morgan fingerprint density at radius 3 is 2.61 bits per heavy atom. The molecule has 0 atom stereocenters. The molecule has 8 nitrogen and oxygen atoms in total. The first-order chi connectivity index (χ1) is 13.8. The highest BCUT2D eigenvalue weighted by Crippen LogP contribution is 2.24. The Hall–Kier alpha value is -3.65.